The highest BCUT2D eigenvalue weighted by molar-refractivity contribution is 5.91. The number of ether oxygens (including phenoxy) is 1. The van der Waals surface area contributed by atoms with Gasteiger partial charge in [-0.25, -0.2) is 0 Å². The molecule has 10 nitrogen and oxygen atoms in total. The van der Waals surface area contributed by atoms with Gasteiger partial charge >= 0.3 is 0 Å². The maximum Gasteiger partial charge on any atom is 0.273 e. The second kappa shape index (κ2) is 13.1. The Hall–Kier alpha value is -4.60. The van der Waals surface area contributed by atoms with Crippen LogP contribution < -0.4 is 15.6 Å². The van der Waals surface area contributed by atoms with Crippen LogP contribution in [0.5, 0.6) is 5.75 Å². The number of amides is 1. The third kappa shape index (κ3) is 7.70. The number of nitrogens with one attached hydrogen (secondary N) is 1. The molecule has 3 aromatic heterocycles. The molecule has 0 aliphatic heterocycles. The molecule has 4 aromatic rings. The molecule has 1 amide bonds. The zero-order valence-corrected chi connectivity index (χ0v) is 21.2. The number of nitrogens with zero attached hydrogens (tertiary/aromatic N) is 5. The number of aromatic nitrogens is 5. The van der Waals surface area contributed by atoms with Gasteiger partial charge in [-0.3, -0.25) is 24.0 Å². The maximum absolute atomic E-state index is 12.5. The van der Waals surface area contributed by atoms with Crippen LogP contribution in [-0.4, -0.2) is 43.3 Å². The van der Waals surface area contributed by atoms with Crippen LogP contribution in [0.1, 0.15) is 40.2 Å². The van der Waals surface area contributed by atoms with Gasteiger partial charge < -0.3 is 14.6 Å². The van der Waals surface area contributed by atoms with Gasteiger partial charge in [0.1, 0.15) is 11.5 Å². The molecular formula is C28H30N6O4. The summed E-state index contributed by atoms with van der Waals surface area (Å²) in [6.07, 6.45) is 6.95. The largest absolute Gasteiger partial charge is 0.497 e. The Kier molecular flexibility index (Phi) is 9.12. The Balaban J connectivity index is 1.19. The first-order valence-corrected chi connectivity index (χ1v) is 12.4. The molecule has 0 bridgehead atoms. The summed E-state index contributed by atoms with van der Waals surface area (Å²) >= 11 is 0. The molecule has 0 saturated carbocycles. The summed E-state index contributed by atoms with van der Waals surface area (Å²) in [5.74, 6) is 0.443. The molecule has 0 atom stereocenters. The van der Waals surface area contributed by atoms with E-state index in [0.29, 0.717) is 25.2 Å². The number of rotatable bonds is 13. The van der Waals surface area contributed by atoms with Gasteiger partial charge in [-0.2, -0.15) is 0 Å². The Morgan fingerprint density at radius 1 is 0.974 bits per heavy atom. The molecule has 0 aliphatic carbocycles. The van der Waals surface area contributed by atoms with Crippen LogP contribution in [0.15, 0.2) is 78.0 Å². The highest BCUT2D eigenvalue weighted by atomic mass is 16.5. The Morgan fingerprint density at radius 3 is 2.63 bits per heavy atom. The molecule has 3 heterocycles. The lowest BCUT2D eigenvalue weighted by atomic mass is 10.1. The highest BCUT2D eigenvalue weighted by Crippen LogP contribution is 2.12. The predicted octanol–water partition coefficient (Wildman–Crippen LogP) is 2.61. The fourth-order valence-electron chi connectivity index (χ4n) is 3.96. The molecule has 10 heteroatoms. The number of benzene rings is 1. The van der Waals surface area contributed by atoms with E-state index < -0.39 is 0 Å². The van der Waals surface area contributed by atoms with Crippen molar-refractivity contribution in [1.29, 1.82) is 0 Å². The molecule has 0 fully saturated rings. The van der Waals surface area contributed by atoms with E-state index in [9.17, 15) is 14.4 Å². The number of methoxy groups -OCH3 is 1. The quantitative estimate of drug-likeness (QED) is 0.272. The number of pyridine rings is 2. The van der Waals surface area contributed by atoms with Gasteiger partial charge in [0, 0.05) is 56.6 Å². The summed E-state index contributed by atoms with van der Waals surface area (Å²) in [5, 5.41) is 10.8. The zero-order valence-electron chi connectivity index (χ0n) is 21.2. The minimum Gasteiger partial charge on any atom is -0.497 e. The number of hydrogen-bond acceptors (Lipinski definition) is 7. The topological polar surface area (TPSA) is 121 Å². The van der Waals surface area contributed by atoms with E-state index in [-0.39, 0.29) is 35.8 Å². The minimum absolute atomic E-state index is 0.0158. The lowest BCUT2D eigenvalue weighted by Gasteiger charge is -2.07. The van der Waals surface area contributed by atoms with Crippen molar-refractivity contribution in [2.45, 2.75) is 45.3 Å². The van der Waals surface area contributed by atoms with Gasteiger partial charge in [0.2, 0.25) is 0 Å². The zero-order chi connectivity index (χ0) is 26.7. The Labute approximate surface area is 220 Å². The Morgan fingerprint density at radius 2 is 1.84 bits per heavy atom. The van der Waals surface area contributed by atoms with E-state index in [2.05, 4.69) is 20.6 Å². The second-order valence-corrected chi connectivity index (χ2v) is 8.89. The number of Topliss-reactive ketones (excluding diaryl/α,β-unsaturated/α-hetero) is 1. The maximum atomic E-state index is 12.5. The van der Waals surface area contributed by atoms with E-state index in [4.69, 9.17) is 4.74 Å². The molecule has 1 aromatic carbocycles. The van der Waals surface area contributed by atoms with Crippen LogP contribution in [0.4, 0.5) is 0 Å². The summed E-state index contributed by atoms with van der Waals surface area (Å²) in [5.41, 5.74) is 2.46. The summed E-state index contributed by atoms with van der Waals surface area (Å²) in [6, 6.07) is 16.3. The fourth-order valence-corrected chi connectivity index (χ4v) is 3.96. The van der Waals surface area contributed by atoms with Gasteiger partial charge in [-0.15, -0.1) is 5.10 Å². The number of ketones is 1. The van der Waals surface area contributed by atoms with Crippen LogP contribution in [0, 0.1) is 0 Å². The minimum atomic E-state index is -0.302. The van der Waals surface area contributed by atoms with Crippen molar-refractivity contribution in [3.8, 4) is 5.75 Å². The lowest BCUT2D eigenvalue weighted by molar-refractivity contribution is -0.117. The van der Waals surface area contributed by atoms with Crippen molar-refractivity contribution in [3.05, 3.63) is 106 Å². The molecule has 4 rings (SSSR count). The number of hydrogen-bond donors (Lipinski definition) is 1. The number of carbonyl (C=O) groups is 2. The summed E-state index contributed by atoms with van der Waals surface area (Å²) < 4.78 is 8.45. The van der Waals surface area contributed by atoms with Crippen molar-refractivity contribution in [3.63, 3.8) is 0 Å². The van der Waals surface area contributed by atoms with E-state index in [1.54, 1.807) is 34.9 Å². The summed E-state index contributed by atoms with van der Waals surface area (Å²) in [4.78, 5) is 41.4. The van der Waals surface area contributed by atoms with E-state index >= 15 is 0 Å². The SMILES string of the molecule is COc1cccc(CNC(=O)c2cn(CCCCn3ccc(CC(=O)Cc4ccccn4)cc3=O)nn2)c1. The third-order valence-corrected chi connectivity index (χ3v) is 5.96. The van der Waals surface area contributed by atoms with Crippen LogP contribution >= 0.6 is 0 Å². The fraction of sp³-hybridized carbons (Fsp3) is 0.286. The van der Waals surface area contributed by atoms with Crippen LogP contribution in [-0.2, 0) is 37.3 Å². The van der Waals surface area contributed by atoms with E-state index in [1.165, 1.54) is 6.07 Å². The Bertz CT molecular complexity index is 1430. The molecule has 0 unspecified atom stereocenters. The number of unbranched alkanes of at least 4 members (excludes halogenated alkanes) is 1. The highest BCUT2D eigenvalue weighted by Gasteiger charge is 2.11. The van der Waals surface area contributed by atoms with Crippen LogP contribution in [0.25, 0.3) is 0 Å². The summed E-state index contributed by atoms with van der Waals surface area (Å²) in [7, 11) is 1.60. The van der Waals surface area contributed by atoms with Crippen LogP contribution in [0.3, 0.4) is 0 Å². The average Bonchev–Trinajstić information content (AvgIpc) is 3.40. The molecule has 38 heavy (non-hydrogen) atoms. The molecule has 0 aliphatic rings. The molecule has 0 radical (unpaired) electrons. The molecule has 196 valence electrons. The van der Waals surface area contributed by atoms with Gasteiger partial charge in [-0.1, -0.05) is 23.4 Å². The van der Waals surface area contributed by atoms with Crippen molar-refractivity contribution in [1.82, 2.24) is 29.9 Å². The smallest absolute Gasteiger partial charge is 0.273 e. The van der Waals surface area contributed by atoms with Gasteiger partial charge in [0.25, 0.3) is 11.5 Å². The third-order valence-electron chi connectivity index (χ3n) is 5.96. The molecule has 1 N–H and O–H groups in total. The van der Waals surface area contributed by atoms with Crippen molar-refractivity contribution >= 4 is 11.7 Å². The first-order chi connectivity index (χ1) is 18.5. The standard InChI is InChI=1S/C28H30N6O4/c1-38-25-9-6-7-22(16-25)19-30-28(37)26-20-34(32-31-26)13-5-4-12-33-14-10-21(17-27(33)36)15-24(35)18-23-8-2-3-11-29-23/h2-3,6-11,14,16-17,20H,4-5,12-13,15,18-19H2,1H3,(H,30,37). The molecular weight excluding hydrogens is 484 g/mol. The van der Waals surface area contributed by atoms with Gasteiger partial charge in [0.15, 0.2) is 5.69 Å². The average molecular weight is 515 g/mol. The van der Waals surface area contributed by atoms with Crippen molar-refractivity contribution < 1.29 is 14.3 Å². The number of carbonyl (C=O) groups excluding carboxylic acids is 2. The predicted molar refractivity (Wildman–Crippen MR) is 141 cm³/mol. The van der Waals surface area contributed by atoms with E-state index in [0.717, 1.165) is 29.8 Å². The monoisotopic (exact) mass is 514 g/mol. The number of aryl methyl sites for hydroxylation is 2. The van der Waals surface area contributed by atoms with E-state index in [1.807, 2.05) is 48.5 Å². The van der Waals surface area contributed by atoms with Gasteiger partial charge in [0.05, 0.1) is 13.3 Å². The van der Waals surface area contributed by atoms with Crippen molar-refractivity contribution in [2.75, 3.05) is 7.11 Å². The van der Waals surface area contributed by atoms with Crippen molar-refractivity contribution in [2.24, 2.45) is 0 Å². The second-order valence-electron chi connectivity index (χ2n) is 8.89. The molecule has 0 saturated heterocycles. The first kappa shape index (κ1) is 26.5. The van der Waals surface area contributed by atoms with Crippen LogP contribution in [0.2, 0.25) is 0 Å². The first-order valence-electron chi connectivity index (χ1n) is 12.4. The normalized spacial score (nSPS) is 10.8. The van der Waals surface area contributed by atoms with Gasteiger partial charge in [-0.05, 0) is 54.3 Å². The molecule has 0 spiro atoms. The summed E-state index contributed by atoms with van der Waals surface area (Å²) in [6.45, 7) is 1.48. The lowest BCUT2D eigenvalue weighted by Crippen LogP contribution is -2.23.